The molecule has 0 spiro atoms. The van der Waals surface area contributed by atoms with Crippen molar-refractivity contribution in [1.29, 1.82) is 0 Å². The predicted molar refractivity (Wildman–Crippen MR) is 84.2 cm³/mol. The lowest BCUT2D eigenvalue weighted by Crippen LogP contribution is -2.39. The molecule has 2 aromatic rings. The first-order valence-corrected chi connectivity index (χ1v) is 7.85. The molecule has 0 unspecified atom stereocenters. The summed E-state index contributed by atoms with van der Waals surface area (Å²) >= 11 is 0. The van der Waals surface area contributed by atoms with Crippen LogP contribution in [0.2, 0.25) is 0 Å². The Hall–Kier alpha value is -2.57. The third-order valence-electron chi connectivity index (χ3n) is 4.08. The first kappa shape index (κ1) is 16.3. The van der Waals surface area contributed by atoms with Crippen LogP contribution in [0.3, 0.4) is 0 Å². The van der Waals surface area contributed by atoms with E-state index in [1.807, 2.05) is 6.92 Å². The molecule has 3 rings (SSSR count). The average molecular weight is 333 g/mol. The normalized spacial score (nSPS) is 13.7. The fourth-order valence-electron chi connectivity index (χ4n) is 2.79. The minimum Gasteiger partial charge on any atom is -0.338 e. The molecule has 7 heteroatoms. The van der Waals surface area contributed by atoms with E-state index in [9.17, 15) is 18.4 Å². The highest BCUT2D eigenvalue weighted by Gasteiger charge is 2.24. The van der Waals surface area contributed by atoms with Crippen LogP contribution in [0.5, 0.6) is 0 Å². The minimum absolute atomic E-state index is 0.0206. The van der Waals surface area contributed by atoms with Gasteiger partial charge in [0.1, 0.15) is 5.82 Å². The number of nitrogens with zero attached hydrogens (tertiary/aromatic N) is 2. The third kappa shape index (κ3) is 3.06. The Bertz CT molecular complexity index is 848. The van der Waals surface area contributed by atoms with E-state index in [1.165, 1.54) is 6.07 Å². The monoisotopic (exact) mass is 333 g/mol. The molecule has 1 amide bonds. The minimum atomic E-state index is -0.996. The van der Waals surface area contributed by atoms with Gasteiger partial charge in [-0.05, 0) is 24.6 Å². The van der Waals surface area contributed by atoms with Crippen molar-refractivity contribution < 1.29 is 13.6 Å². The van der Waals surface area contributed by atoms with Crippen LogP contribution in [0, 0.1) is 11.6 Å². The van der Waals surface area contributed by atoms with E-state index in [0.717, 1.165) is 18.6 Å². The Morgan fingerprint density at radius 2 is 2.12 bits per heavy atom. The summed E-state index contributed by atoms with van der Waals surface area (Å²) in [5.74, 6) is -1.73. The highest BCUT2D eigenvalue weighted by Crippen LogP contribution is 2.21. The van der Waals surface area contributed by atoms with E-state index in [4.69, 9.17) is 0 Å². The lowest BCUT2D eigenvalue weighted by molar-refractivity contribution is -0.132. The predicted octanol–water partition coefficient (Wildman–Crippen LogP) is 2.40. The van der Waals surface area contributed by atoms with Crippen LogP contribution >= 0.6 is 0 Å². The van der Waals surface area contributed by atoms with E-state index in [0.29, 0.717) is 36.2 Å². The van der Waals surface area contributed by atoms with E-state index < -0.39 is 11.6 Å². The Morgan fingerprint density at radius 1 is 1.33 bits per heavy atom. The van der Waals surface area contributed by atoms with Gasteiger partial charge in [-0.15, -0.1) is 0 Å². The number of halogens is 2. The first-order chi connectivity index (χ1) is 11.5. The lowest BCUT2D eigenvalue weighted by Gasteiger charge is -2.27. The molecule has 2 heterocycles. The van der Waals surface area contributed by atoms with Crippen molar-refractivity contribution in [2.75, 3.05) is 6.54 Å². The Kier molecular flexibility index (Phi) is 4.42. The molecule has 0 aliphatic carbocycles. The van der Waals surface area contributed by atoms with Crippen LogP contribution in [0.15, 0.2) is 23.0 Å². The number of aromatic amines is 1. The molecule has 1 N–H and O–H groups in total. The number of fused-ring (bicyclic) bond motifs is 1. The van der Waals surface area contributed by atoms with Gasteiger partial charge in [0.15, 0.2) is 11.6 Å². The van der Waals surface area contributed by atoms with Gasteiger partial charge in [0, 0.05) is 24.9 Å². The molecule has 0 atom stereocenters. The number of carbonyl (C=O) groups excluding carboxylic acids is 1. The summed E-state index contributed by atoms with van der Waals surface area (Å²) in [5.41, 5.74) is 1.00. The van der Waals surface area contributed by atoms with Crippen molar-refractivity contribution in [3.63, 3.8) is 0 Å². The molecule has 5 nitrogen and oxygen atoms in total. The molecule has 1 aliphatic heterocycles. The Labute approximate surface area is 137 Å². The van der Waals surface area contributed by atoms with Gasteiger partial charge in [0.2, 0.25) is 5.91 Å². The van der Waals surface area contributed by atoms with Gasteiger partial charge >= 0.3 is 0 Å². The first-order valence-electron chi connectivity index (χ1n) is 7.85. The number of aromatic nitrogens is 2. The van der Waals surface area contributed by atoms with Gasteiger partial charge in [-0.2, -0.15) is 0 Å². The number of nitrogens with one attached hydrogen (secondary N) is 1. The van der Waals surface area contributed by atoms with Crippen molar-refractivity contribution in [2.24, 2.45) is 0 Å². The van der Waals surface area contributed by atoms with Crippen molar-refractivity contribution in [3.8, 4) is 11.4 Å². The second-order valence-corrected chi connectivity index (χ2v) is 5.78. The molecule has 0 radical (unpaired) electrons. The highest BCUT2D eigenvalue weighted by atomic mass is 19.2. The standard InChI is InChI=1S/C17H17F2N3O2/c1-2-3-15(23)22-7-6-14-11(9-22)17(24)21-16(20-14)10-4-5-12(18)13(19)8-10/h4-5,8H,2-3,6-7,9H2,1H3,(H,20,21,24). The van der Waals surface area contributed by atoms with Gasteiger partial charge in [-0.1, -0.05) is 6.92 Å². The SMILES string of the molecule is CCCC(=O)N1CCc2nc(-c3ccc(F)c(F)c3)[nH]c(=O)c2C1. The van der Waals surface area contributed by atoms with E-state index >= 15 is 0 Å². The summed E-state index contributed by atoms with van der Waals surface area (Å²) in [6.45, 7) is 2.66. The maximum Gasteiger partial charge on any atom is 0.256 e. The number of amides is 1. The second kappa shape index (κ2) is 6.51. The number of carbonyl (C=O) groups is 1. The highest BCUT2D eigenvalue weighted by molar-refractivity contribution is 5.76. The molecule has 1 aliphatic rings. The smallest absolute Gasteiger partial charge is 0.256 e. The number of hydrogen-bond acceptors (Lipinski definition) is 3. The maximum absolute atomic E-state index is 13.4. The van der Waals surface area contributed by atoms with Gasteiger partial charge in [0.25, 0.3) is 5.56 Å². The van der Waals surface area contributed by atoms with Crippen LogP contribution in [-0.2, 0) is 17.8 Å². The van der Waals surface area contributed by atoms with Crippen LogP contribution < -0.4 is 5.56 Å². The summed E-state index contributed by atoms with van der Waals surface area (Å²) in [5, 5.41) is 0. The average Bonchev–Trinajstić information content (AvgIpc) is 2.57. The molecule has 0 saturated carbocycles. The molecular formula is C17H17F2N3O2. The second-order valence-electron chi connectivity index (χ2n) is 5.78. The van der Waals surface area contributed by atoms with Gasteiger partial charge in [0.05, 0.1) is 17.8 Å². The number of benzene rings is 1. The summed E-state index contributed by atoms with van der Waals surface area (Å²) in [4.78, 5) is 32.9. The van der Waals surface area contributed by atoms with Crippen molar-refractivity contribution in [2.45, 2.75) is 32.7 Å². The summed E-state index contributed by atoms with van der Waals surface area (Å²) < 4.78 is 26.4. The summed E-state index contributed by atoms with van der Waals surface area (Å²) in [6, 6.07) is 3.36. The van der Waals surface area contributed by atoms with E-state index in [1.54, 1.807) is 4.90 Å². The zero-order chi connectivity index (χ0) is 17.3. The Morgan fingerprint density at radius 3 is 2.83 bits per heavy atom. The largest absolute Gasteiger partial charge is 0.338 e. The van der Waals surface area contributed by atoms with Crippen molar-refractivity contribution in [1.82, 2.24) is 14.9 Å². The van der Waals surface area contributed by atoms with Crippen LogP contribution in [0.4, 0.5) is 8.78 Å². The number of H-pyrrole nitrogens is 1. The molecule has 0 saturated heterocycles. The fourth-order valence-corrected chi connectivity index (χ4v) is 2.79. The van der Waals surface area contributed by atoms with Gasteiger partial charge < -0.3 is 9.88 Å². The zero-order valence-corrected chi connectivity index (χ0v) is 13.2. The van der Waals surface area contributed by atoms with Crippen LogP contribution in [-0.4, -0.2) is 27.3 Å². The number of hydrogen-bond donors (Lipinski definition) is 1. The third-order valence-corrected chi connectivity index (χ3v) is 4.08. The molecule has 0 bridgehead atoms. The molecular weight excluding hydrogens is 316 g/mol. The van der Waals surface area contributed by atoms with Crippen molar-refractivity contribution >= 4 is 5.91 Å². The fraction of sp³-hybridized carbons (Fsp3) is 0.353. The van der Waals surface area contributed by atoms with E-state index in [2.05, 4.69) is 9.97 Å². The van der Waals surface area contributed by atoms with Crippen molar-refractivity contribution in [3.05, 3.63) is 51.4 Å². The summed E-state index contributed by atoms with van der Waals surface area (Å²) in [7, 11) is 0. The van der Waals surface area contributed by atoms with Crippen LogP contribution in [0.25, 0.3) is 11.4 Å². The quantitative estimate of drug-likeness (QED) is 0.938. The number of rotatable bonds is 3. The van der Waals surface area contributed by atoms with Gasteiger partial charge in [-0.3, -0.25) is 9.59 Å². The zero-order valence-electron chi connectivity index (χ0n) is 13.2. The summed E-state index contributed by atoms with van der Waals surface area (Å²) in [6.07, 6.45) is 1.67. The molecule has 1 aromatic carbocycles. The lowest BCUT2D eigenvalue weighted by atomic mass is 10.1. The van der Waals surface area contributed by atoms with E-state index in [-0.39, 0.29) is 23.8 Å². The van der Waals surface area contributed by atoms with Crippen LogP contribution in [0.1, 0.15) is 31.0 Å². The Balaban J connectivity index is 1.93. The molecule has 0 fully saturated rings. The molecule has 1 aromatic heterocycles. The topological polar surface area (TPSA) is 66.1 Å². The molecule has 24 heavy (non-hydrogen) atoms. The molecule has 126 valence electrons. The van der Waals surface area contributed by atoms with Gasteiger partial charge in [-0.25, -0.2) is 13.8 Å². The maximum atomic E-state index is 13.4.